The highest BCUT2D eigenvalue weighted by atomic mass is 16.5. The molecule has 0 fully saturated rings. The fourth-order valence-corrected chi connectivity index (χ4v) is 1.37. The molecule has 0 spiro atoms. The quantitative estimate of drug-likeness (QED) is 0.559. The zero-order valence-electron chi connectivity index (χ0n) is 9.41. The van der Waals surface area contributed by atoms with Gasteiger partial charge >= 0.3 is 5.97 Å². The SMILES string of the molecule is CC/C(=C\c1ccccc1C)C(=O)OC. The highest BCUT2D eigenvalue weighted by Crippen LogP contribution is 2.14. The van der Waals surface area contributed by atoms with Gasteiger partial charge in [0.05, 0.1) is 7.11 Å². The summed E-state index contributed by atoms with van der Waals surface area (Å²) in [5.41, 5.74) is 2.93. The van der Waals surface area contributed by atoms with Gasteiger partial charge in [0.1, 0.15) is 0 Å². The molecule has 80 valence electrons. The second kappa shape index (κ2) is 5.35. The van der Waals surface area contributed by atoms with Gasteiger partial charge in [-0.15, -0.1) is 0 Å². The average Bonchev–Trinajstić information content (AvgIpc) is 2.27. The smallest absolute Gasteiger partial charge is 0.333 e. The number of hydrogen-bond acceptors (Lipinski definition) is 2. The Balaban J connectivity index is 3.03. The van der Waals surface area contributed by atoms with Crippen molar-refractivity contribution >= 4 is 12.0 Å². The largest absolute Gasteiger partial charge is 0.466 e. The van der Waals surface area contributed by atoms with Crippen LogP contribution in [0.3, 0.4) is 0 Å². The Kier molecular flexibility index (Phi) is 4.10. The first-order valence-corrected chi connectivity index (χ1v) is 5.03. The van der Waals surface area contributed by atoms with Gasteiger partial charge in [0.2, 0.25) is 0 Å². The van der Waals surface area contributed by atoms with Crippen LogP contribution in [-0.4, -0.2) is 13.1 Å². The van der Waals surface area contributed by atoms with Crippen molar-refractivity contribution in [3.05, 3.63) is 41.0 Å². The Hall–Kier alpha value is -1.57. The van der Waals surface area contributed by atoms with E-state index in [1.54, 1.807) is 0 Å². The van der Waals surface area contributed by atoms with E-state index in [1.807, 2.05) is 44.2 Å². The van der Waals surface area contributed by atoms with Gasteiger partial charge in [0.25, 0.3) is 0 Å². The molecule has 0 unspecified atom stereocenters. The van der Waals surface area contributed by atoms with E-state index in [9.17, 15) is 4.79 Å². The second-order valence-electron chi connectivity index (χ2n) is 3.37. The number of benzene rings is 1. The normalized spacial score (nSPS) is 11.3. The highest BCUT2D eigenvalue weighted by molar-refractivity contribution is 5.93. The molecule has 0 atom stereocenters. The van der Waals surface area contributed by atoms with Gasteiger partial charge in [-0.3, -0.25) is 0 Å². The lowest BCUT2D eigenvalue weighted by Crippen LogP contribution is -2.03. The van der Waals surface area contributed by atoms with Gasteiger partial charge in [0, 0.05) is 5.57 Å². The van der Waals surface area contributed by atoms with Gasteiger partial charge in [-0.1, -0.05) is 31.2 Å². The van der Waals surface area contributed by atoms with E-state index in [4.69, 9.17) is 4.74 Å². The first-order chi connectivity index (χ1) is 7.19. The van der Waals surface area contributed by atoms with Gasteiger partial charge < -0.3 is 4.74 Å². The van der Waals surface area contributed by atoms with E-state index in [-0.39, 0.29) is 5.97 Å². The minimum atomic E-state index is -0.249. The molecule has 0 aromatic heterocycles. The monoisotopic (exact) mass is 204 g/mol. The Morgan fingerprint density at radius 1 is 1.40 bits per heavy atom. The molecule has 2 nitrogen and oxygen atoms in total. The lowest BCUT2D eigenvalue weighted by molar-refractivity contribution is -0.136. The van der Waals surface area contributed by atoms with Crippen molar-refractivity contribution in [3.63, 3.8) is 0 Å². The third-order valence-corrected chi connectivity index (χ3v) is 2.35. The molecule has 0 aliphatic carbocycles. The Morgan fingerprint density at radius 2 is 2.07 bits per heavy atom. The number of carbonyl (C=O) groups is 1. The van der Waals surface area contributed by atoms with E-state index in [0.29, 0.717) is 12.0 Å². The molecule has 0 aliphatic heterocycles. The molecule has 0 saturated carbocycles. The summed E-state index contributed by atoms with van der Waals surface area (Å²) in [7, 11) is 1.41. The van der Waals surface area contributed by atoms with Gasteiger partial charge in [-0.05, 0) is 30.5 Å². The lowest BCUT2D eigenvalue weighted by atomic mass is 10.0. The zero-order valence-corrected chi connectivity index (χ0v) is 9.41. The predicted molar refractivity (Wildman–Crippen MR) is 61.5 cm³/mol. The average molecular weight is 204 g/mol. The molecule has 1 aromatic carbocycles. The lowest BCUT2D eigenvalue weighted by Gasteiger charge is -2.04. The maximum Gasteiger partial charge on any atom is 0.333 e. The van der Waals surface area contributed by atoms with Crippen LogP contribution in [0.25, 0.3) is 6.08 Å². The van der Waals surface area contributed by atoms with Crippen molar-refractivity contribution in [2.75, 3.05) is 7.11 Å². The standard InChI is InChI=1S/C13H16O2/c1-4-11(13(14)15-3)9-12-8-6-5-7-10(12)2/h5-9H,4H2,1-3H3/b11-9+. The summed E-state index contributed by atoms with van der Waals surface area (Å²) >= 11 is 0. The molecule has 0 radical (unpaired) electrons. The zero-order chi connectivity index (χ0) is 11.3. The summed E-state index contributed by atoms with van der Waals surface area (Å²) in [5.74, 6) is -0.249. The molecule has 0 heterocycles. The van der Waals surface area contributed by atoms with Crippen molar-refractivity contribution in [2.24, 2.45) is 0 Å². The first kappa shape index (κ1) is 11.5. The van der Waals surface area contributed by atoms with Gasteiger partial charge in [0.15, 0.2) is 0 Å². The van der Waals surface area contributed by atoms with E-state index in [2.05, 4.69) is 0 Å². The fraction of sp³-hybridized carbons (Fsp3) is 0.308. The molecular weight excluding hydrogens is 188 g/mol. The summed E-state index contributed by atoms with van der Waals surface area (Å²) < 4.78 is 4.71. The van der Waals surface area contributed by atoms with Crippen molar-refractivity contribution in [2.45, 2.75) is 20.3 Å². The summed E-state index contributed by atoms with van der Waals surface area (Å²) in [6.07, 6.45) is 2.57. The number of carbonyl (C=O) groups excluding carboxylic acids is 1. The topological polar surface area (TPSA) is 26.3 Å². The fourth-order valence-electron chi connectivity index (χ4n) is 1.37. The number of rotatable bonds is 3. The number of aryl methyl sites for hydroxylation is 1. The van der Waals surface area contributed by atoms with Crippen LogP contribution in [0.4, 0.5) is 0 Å². The predicted octanol–water partition coefficient (Wildman–Crippen LogP) is 2.96. The molecule has 15 heavy (non-hydrogen) atoms. The molecular formula is C13H16O2. The van der Waals surface area contributed by atoms with E-state index >= 15 is 0 Å². The number of esters is 1. The van der Waals surface area contributed by atoms with Crippen LogP contribution in [-0.2, 0) is 9.53 Å². The van der Waals surface area contributed by atoms with Crippen molar-refractivity contribution in [1.29, 1.82) is 0 Å². The maximum atomic E-state index is 11.4. The summed E-state index contributed by atoms with van der Waals surface area (Å²) in [5, 5.41) is 0. The maximum absolute atomic E-state index is 11.4. The molecule has 2 heteroatoms. The minimum Gasteiger partial charge on any atom is -0.466 e. The first-order valence-electron chi connectivity index (χ1n) is 5.03. The third-order valence-electron chi connectivity index (χ3n) is 2.35. The van der Waals surface area contributed by atoms with Gasteiger partial charge in [-0.2, -0.15) is 0 Å². The van der Waals surface area contributed by atoms with Crippen LogP contribution < -0.4 is 0 Å². The summed E-state index contributed by atoms with van der Waals surface area (Å²) in [6.45, 7) is 3.97. The number of methoxy groups -OCH3 is 1. The Morgan fingerprint density at radius 3 is 2.60 bits per heavy atom. The summed E-state index contributed by atoms with van der Waals surface area (Å²) in [6, 6.07) is 7.96. The number of ether oxygens (including phenoxy) is 1. The molecule has 0 amide bonds. The van der Waals surface area contributed by atoms with Crippen LogP contribution in [0.2, 0.25) is 0 Å². The van der Waals surface area contributed by atoms with Crippen LogP contribution >= 0.6 is 0 Å². The Bertz CT molecular complexity index is 378. The van der Waals surface area contributed by atoms with Crippen LogP contribution in [0, 0.1) is 6.92 Å². The van der Waals surface area contributed by atoms with E-state index in [1.165, 1.54) is 7.11 Å². The molecule has 1 aromatic rings. The van der Waals surface area contributed by atoms with Crippen LogP contribution in [0.5, 0.6) is 0 Å². The van der Waals surface area contributed by atoms with Gasteiger partial charge in [-0.25, -0.2) is 4.79 Å². The summed E-state index contributed by atoms with van der Waals surface area (Å²) in [4.78, 5) is 11.4. The molecule has 0 bridgehead atoms. The van der Waals surface area contributed by atoms with Crippen LogP contribution in [0.1, 0.15) is 24.5 Å². The van der Waals surface area contributed by atoms with Crippen LogP contribution in [0.15, 0.2) is 29.8 Å². The minimum absolute atomic E-state index is 0.249. The van der Waals surface area contributed by atoms with Crippen molar-refractivity contribution in [3.8, 4) is 0 Å². The molecule has 0 saturated heterocycles. The van der Waals surface area contributed by atoms with Crippen molar-refractivity contribution < 1.29 is 9.53 Å². The third kappa shape index (κ3) is 2.94. The highest BCUT2D eigenvalue weighted by Gasteiger charge is 2.07. The molecule has 0 aliphatic rings. The Labute approximate surface area is 90.6 Å². The van der Waals surface area contributed by atoms with E-state index < -0.39 is 0 Å². The molecule has 1 rings (SSSR count). The number of hydrogen-bond donors (Lipinski definition) is 0. The van der Waals surface area contributed by atoms with Crippen molar-refractivity contribution in [1.82, 2.24) is 0 Å². The second-order valence-corrected chi connectivity index (χ2v) is 3.37. The molecule has 0 N–H and O–H groups in total. The van der Waals surface area contributed by atoms with E-state index in [0.717, 1.165) is 11.1 Å².